The lowest BCUT2D eigenvalue weighted by molar-refractivity contribution is 0.627. The molecule has 0 aliphatic rings. The lowest BCUT2D eigenvalue weighted by Gasteiger charge is -2.11. The highest BCUT2D eigenvalue weighted by Crippen LogP contribution is 2.16. The summed E-state index contributed by atoms with van der Waals surface area (Å²) in [5.41, 5.74) is 3.46. The Morgan fingerprint density at radius 3 is 2.44 bits per heavy atom. The summed E-state index contributed by atoms with van der Waals surface area (Å²) in [5, 5.41) is 0. The van der Waals surface area contributed by atoms with E-state index < -0.39 is 0 Å². The van der Waals surface area contributed by atoms with Gasteiger partial charge in [0.1, 0.15) is 0 Å². The minimum Gasteiger partial charge on any atom is -0.302 e. The van der Waals surface area contributed by atoms with E-state index in [0.29, 0.717) is 11.8 Å². The predicted molar refractivity (Wildman–Crippen MR) is 74.0 cm³/mol. The standard InChI is InChI=1S/C15H21N3/c1-11(2)7-14-8-16-10-18(14)13-5-6-15(12(3)4)17-9-13/h5-6,8-12H,7H2,1-4H3. The quantitative estimate of drug-likeness (QED) is 0.821. The Labute approximate surface area is 109 Å². The maximum atomic E-state index is 4.51. The molecule has 2 heterocycles. The van der Waals surface area contributed by atoms with Crippen molar-refractivity contribution in [2.24, 2.45) is 5.92 Å². The highest BCUT2D eigenvalue weighted by Gasteiger charge is 2.07. The number of rotatable bonds is 4. The van der Waals surface area contributed by atoms with E-state index in [4.69, 9.17) is 0 Å². The fourth-order valence-corrected chi connectivity index (χ4v) is 2.01. The zero-order chi connectivity index (χ0) is 13.1. The van der Waals surface area contributed by atoms with Crippen LogP contribution in [-0.4, -0.2) is 14.5 Å². The molecule has 3 nitrogen and oxygen atoms in total. The van der Waals surface area contributed by atoms with Crippen molar-refractivity contribution in [3.05, 3.63) is 42.2 Å². The number of nitrogens with zero attached hydrogens (tertiary/aromatic N) is 3. The first-order valence-corrected chi connectivity index (χ1v) is 6.55. The molecule has 2 rings (SSSR count). The normalized spacial score (nSPS) is 11.4. The van der Waals surface area contributed by atoms with Crippen molar-refractivity contribution in [3.8, 4) is 5.69 Å². The van der Waals surface area contributed by atoms with E-state index in [0.717, 1.165) is 17.8 Å². The highest BCUT2D eigenvalue weighted by molar-refractivity contribution is 5.32. The molecule has 0 unspecified atom stereocenters. The zero-order valence-electron chi connectivity index (χ0n) is 11.6. The fraction of sp³-hybridized carbons (Fsp3) is 0.467. The van der Waals surface area contributed by atoms with Crippen molar-refractivity contribution in [2.75, 3.05) is 0 Å². The van der Waals surface area contributed by atoms with E-state index in [1.807, 2.05) is 18.7 Å². The average molecular weight is 243 g/mol. The number of pyridine rings is 1. The molecule has 0 N–H and O–H groups in total. The third-order valence-corrected chi connectivity index (χ3v) is 2.97. The number of hydrogen-bond acceptors (Lipinski definition) is 2. The summed E-state index contributed by atoms with van der Waals surface area (Å²) in [6.07, 6.45) is 6.77. The minimum absolute atomic E-state index is 0.469. The van der Waals surface area contributed by atoms with E-state index in [9.17, 15) is 0 Å². The van der Waals surface area contributed by atoms with Gasteiger partial charge < -0.3 is 4.57 Å². The molecular weight excluding hydrogens is 222 g/mol. The Bertz CT molecular complexity index is 495. The van der Waals surface area contributed by atoms with Crippen LogP contribution in [0.2, 0.25) is 0 Å². The molecule has 0 saturated heterocycles. The number of hydrogen-bond donors (Lipinski definition) is 0. The maximum Gasteiger partial charge on any atom is 0.0994 e. The van der Waals surface area contributed by atoms with Crippen molar-refractivity contribution in [2.45, 2.75) is 40.0 Å². The summed E-state index contributed by atoms with van der Waals surface area (Å²) in [6, 6.07) is 4.22. The Kier molecular flexibility index (Phi) is 3.80. The molecule has 0 aliphatic carbocycles. The van der Waals surface area contributed by atoms with Crippen molar-refractivity contribution in [1.82, 2.24) is 14.5 Å². The second-order valence-electron chi connectivity index (χ2n) is 5.45. The molecular formula is C15H21N3. The predicted octanol–water partition coefficient (Wildman–Crippen LogP) is 3.59. The van der Waals surface area contributed by atoms with Crippen LogP contribution in [0.25, 0.3) is 5.69 Å². The molecule has 0 radical (unpaired) electrons. The molecule has 2 aromatic rings. The molecule has 0 bridgehead atoms. The van der Waals surface area contributed by atoms with Crippen LogP contribution in [0.15, 0.2) is 30.9 Å². The fourth-order valence-electron chi connectivity index (χ4n) is 2.01. The van der Waals surface area contributed by atoms with Crippen LogP contribution >= 0.6 is 0 Å². The van der Waals surface area contributed by atoms with Crippen LogP contribution in [0.5, 0.6) is 0 Å². The second-order valence-corrected chi connectivity index (χ2v) is 5.45. The summed E-state index contributed by atoms with van der Waals surface area (Å²) in [5.74, 6) is 1.10. The summed E-state index contributed by atoms with van der Waals surface area (Å²) in [7, 11) is 0. The SMILES string of the molecule is CC(C)Cc1cncn1-c1ccc(C(C)C)nc1. The van der Waals surface area contributed by atoms with Gasteiger partial charge in [-0.3, -0.25) is 4.98 Å². The Morgan fingerprint density at radius 1 is 1.11 bits per heavy atom. The molecule has 0 spiro atoms. The van der Waals surface area contributed by atoms with Crippen molar-refractivity contribution in [3.63, 3.8) is 0 Å². The zero-order valence-corrected chi connectivity index (χ0v) is 11.6. The van der Waals surface area contributed by atoms with Crippen LogP contribution in [0.3, 0.4) is 0 Å². The monoisotopic (exact) mass is 243 g/mol. The van der Waals surface area contributed by atoms with Gasteiger partial charge in [-0.2, -0.15) is 0 Å². The van der Waals surface area contributed by atoms with Gasteiger partial charge in [0.2, 0.25) is 0 Å². The van der Waals surface area contributed by atoms with Crippen molar-refractivity contribution < 1.29 is 0 Å². The lowest BCUT2D eigenvalue weighted by Crippen LogP contribution is -2.04. The first-order valence-electron chi connectivity index (χ1n) is 6.55. The Morgan fingerprint density at radius 2 is 1.89 bits per heavy atom. The second kappa shape index (κ2) is 5.34. The van der Waals surface area contributed by atoms with E-state index in [-0.39, 0.29) is 0 Å². The molecule has 0 atom stereocenters. The van der Waals surface area contributed by atoms with Crippen LogP contribution < -0.4 is 0 Å². The van der Waals surface area contributed by atoms with Gasteiger partial charge in [0.15, 0.2) is 0 Å². The lowest BCUT2D eigenvalue weighted by atomic mass is 10.1. The van der Waals surface area contributed by atoms with E-state index in [2.05, 4.69) is 54.4 Å². The van der Waals surface area contributed by atoms with E-state index in [1.165, 1.54) is 5.69 Å². The maximum absolute atomic E-state index is 4.51. The van der Waals surface area contributed by atoms with Crippen LogP contribution in [0, 0.1) is 5.92 Å². The van der Waals surface area contributed by atoms with Gasteiger partial charge in [-0.15, -0.1) is 0 Å². The molecule has 0 aromatic carbocycles. The topological polar surface area (TPSA) is 30.7 Å². The van der Waals surface area contributed by atoms with Gasteiger partial charge in [-0.25, -0.2) is 4.98 Å². The van der Waals surface area contributed by atoms with Gasteiger partial charge in [0.25, 0.3) is 0 Å². The highest BCUT2D eigenvalue weighted by atomic mass is 15.1. The molecule has 96 valence electrons. The Balaban J connectivity index is 2.28. The van der Waals surface area contributed by atoms with Gasteiger partial charge in [0.05, 0.1) is 18.2 Å². The average Bonchev–Trinajstić information content (AvgIpc) is 2.76. The van der Waals surface area contributed by atoms with Gasteiger partial charge in [-0.05, 0) is 30.4 Å². The molecule has 0 amide bonds. The molecule has 3 heteroatoms. The largest absolute Gasteiger partial charge is 0.302 e. The van der Waals surface area contributed by atoms with Crippen molar-refractivity contribution in [1.29, 1.82) is 0 Å². The molecule has 0 fully saturated rings. The molecule has 18 heavy (non-hydrogen) atoms. The third kappa shape index (κ3) is 2.78. The first-order chi connectivity index (χ1) is 8.58. The Hall–Kier alpha value is -1.64. The minimum atomic E-state index is 0.469. The van der Waals surface area contributed by atoms with Crippen molar-refractivity contribution >= 4 is 0 Å². The van der Waals surface area contributed by atoms with Gasteiger partial charge >= 0.3 is 0 Å². The molecule has 0 saturated carbocycles. The summed E-state index contributed by atoms with van der Waals surface area (Å²) in [6.45, 7) is 8.75. The van der Waals surface area contributed by atoms with E-state index >= 15 is 0 Å². The van der Waals surface area contributed by atoms with Gasteiger partial charge in [-0.1, -0.05) is 27.7 Å². The van der Waals surface area contributed by atoms with E-state index in [1.54, 1.807) is 0 Å². The summed E-state index contributed by atoms with van der Waals surface area (Å²) < 4.78 is 2.12. The first kappa shape index (κ1) is 12.8. The summed E-state index contributed by atoms with van der Waals surface area (Å²) >= 11 is 0. The molecule has 0 aliphatic heterocycles. The van der Waals surface area contributed by atoms with Crippen LogP contribution in [-0.2, 0) is 6.42 Å². The smallest absolute Gasteiger partial charge is 0.0994 e. The number of imidazole rings is 1. The van der Waals surface area contributed by atoms with Crippen LogP contribution in [0.1, 0.15) is 45.0 Å². The van der Waals surface area contributed by atoms with Crippen LogP contribution in [0.4, 0.5) is 0 Å². The molecule has 2 aromatic heterocycles. The summed E-state index contributed by atoms with van der Waals surface area (Å²) in [4.78, 5) is 8.75. The number of aromatic nitrogens is 3. The third-order valence-electron chi connectivity index (χ3n) is 2.97. The van der Waals surface area contributed by atoms with Gasteiger partial charge in [0, 0.05) is 17.6 Å².